The minimum Gasteiger partial charge on any atom is -0.312 e. The van der Waals surface area contributed by atoms with Crippen LogP contribution >= 0.6 is 11.6 Å². The molecule has 2 heterocycles. The van der Waals surface area contributed by atoms with E-state index in [1.807, 2.05) is 61.5 Å². The fourth-order valence-corrected chi connectivity index (χ4v) is 4.58. The Bertz CT molecular complexity index is 1410. The SMILES string of the molecule is CC(=O)c1c(-c2ccc(Cl)cc2)c2c(-c3ccccc3)cc3ccccc3n2c1C. The predicted molar refractivity (Wildman–Crippen MR) is 126 cm³/mol. The number of nitrogens with zero attached hydrogens (tertiary/aromatic N) is 1. The molecule has 0 fully saturated rings. The summed E-state index contributed by atoms with van der Waals surface area (Å²) >= 11 is 6.16. The summed E-state index contributed by atoms with van der Waals surface area (Å²) in [6.45, 7) is 3.68. The van der Waals surface area contributed by atoms with Gasteiger partial charge >= 0.3 is 0 Å². The Hall–Kier alpha value is -3.36. The topological polar surface area (TPSA) is 21.5 Å². The maximum absolute atomic E-state index is 12.8. The lowest BCUT2D eigenvalue weighted by atomic mass is 9.95. The van der Waals surface area contributed by atoms with Gasteiger partial charge in [0.15, 0.2) is 5.78 Å². The molecule has 0 saturated carbocycles. The van der Waals surface area contributed by atoms with Gasteiger partial charge in [0.25, 0.3) is 0 Å². The number of hydrogen-bond donors (Lipinski definition) is 0. The molecular formula is C27H20ClNO. The van der Waals surface area contributed by atoms with Crippen LogP contribution in [-0.2, 0) is 0 Å². The quantitative estimate of drug-likeness (QED) is 0.281. The zero-order valence-electron chi connectivity index (χ0n) is 16.8. The predicted octanol–water partition coefficient (Wildman–Crippen LogP) is 7.59. The minimum absolute atomic E-state index is 0.0595. The Morgan fingerprint density at radius 1 is 0.833 bits per heavy atom. The van der Waals surface area contributed by atoms with Crippen LogP contribution in [0.4, 0.5) is 0 Å². The molecule has 0 amide bonds. The largest absolute Gasteiger partial charge is 0.312 e. The van der Waals surface area contributed by atoms with E-state index >= 15 is 0 Å². The second-order valence-electron chi connectivity index (χ2n) is 7.57. The summed E-state index contributed by atoms with van der Waals surface area (Å²) in [4.78, 5) is 12.8. The fourth-order valence-electron chi connectivity index (χ4n) is 4.45. The lowest BCUT2D eigenvalue weighted by molar-refractivity contribution is 0.101. The molecule has 0 aliphatic carbocycles. The molecular weight excluding hydrogens is 390 g/mol. The number of carbonyl (C=O) groups excluding carboxylic acids is 1. The molecule has 0 atom stereocenters. The van der Waals surface area contributed by atoms with E-state index in [0.29, 0.717) is 5.02 Å². The van der Waals surface area contributed by atoms with Crippen LogP contribution < -0.4 is 0 Å². The van der Waals surface area contributed by atoms with Crippen molar-refractivity contribution in [2.24, 2.45) is 0 Å². The molecule has 0 aliphatic rings. The van der Waals surface area contributed by atoms with Gasteiger partial charge in [-0.3, -0.25) is 4.79 Å². The maximum atomic E-state index is 12.8. The average molecular weight is 410 g/mol. The second-order valence-corrected chi connectivity index (χ2v) is 8.00. The lowest BCUT2D eigenvalue weighted by Crippen LogP contribution is -1.97. The zero-order valence-corrected chi connectivity index (χ0v) is 17.6. The number of rotatable bonds is 3. The first-order valence-corrected chi connectivity index (χ1v) is 10.3. The van der Waals surface area contributed by atoms with Crippen molar-refractivity contribution in [1.82, 2.24) is 4.40 Å². The average Bonchev–Trinajstić information content (AvgIpc) is 3.08. The number of fused-ring (bicyclic) bond motifs is 3. The molecule has 0 bridgehead atoms. The van der Waals surface area contributed by atoms with E-state index in [2.05, 4.69) is 34.7 Å². The van der Waals surface area contributed by atoms with Crippen LogP contribution in [0.5, 0.6) is 0 Å². The number of halogens is 1. The summed E-state index contributed by atoms with van der Waals surface area (Å²) in [7, 11) is 0. The molecule has 0 spiro atoms. The van der Waals surface area contributed by atoms with E-state index in [0.717, 1.165) is 49.9 Å². The molecule has 0 radical (unpaired) electrons. The first kappa shape index (κ1) is 18.7. The molecule has 0 aliphatic heterocycles. The smallest absolute Gasteiger partial charge is 0.162 e. The van der Waals surface area contributed by atoms with Crippen molar-refractivity contribution in [2.75, 3.05) is 0 Å². The van der Waals surface area contributed by atoms with Crippen LogP contribution in [0, 0.1) is 6.92 Å². The minimum atomic E-state index is 0.0595. The fraction of sp³-hybridized carbons (Fsp3) is 0.0741. The molecule has 2 nitrogen and oxygen atoms in total. The Morgan fingerprint density at radius 2 is 1.50 bits per heavy atom. The third-order valence-electron chi connectivity index (χ3n) is 5.71. The number of para-hydroxylation sites is 1. The standard InChI is InChI=1S/C27H20ClNO/c1-17-25(18(2)30)26(20-12-14-22(28)15-13-20)27-23(19-8-4-3-5-9-19)16-21-10-6-7-11-24(21)29(17)27/h3-16H,1-2H3. The summed E-state index contributed by atoms with van der Waals surface area (Å²) in [5.41, 5.74) is 8.02. The summed E-state index contributed by atoms with van der Waals surface area (Å²) in [5.74, 6) is 0.0595. The number of aromatic nitrogens is 1. The molecule has 0 saturated heterocycles. The van der Waals surface area contributed by atoms with Gasteiger partial charge in [-0.15, -0.1) is 0 Å². The van der Waals surface area contributed by atoms with Crippen LogP contribution in [0.1, 0.15) is 23.0 Å². The van der Waals surface area contributed by atoms with Crippen molar-refractivity contribution >= 4 is 33.8 Å². The molecule has 2 aromatic heterocycles. The highest BCUT2D eigenvalue weighted by Gasteiger charge is 2.24. The van der Waals surface area contributed by atoms with Gasteiger partial charge in [0.2, 0.25) is 0 Å². The number of pyridine rings is 1. The Kier molecular flexibility index (Phi) is 4.45. The number of aryl methyl sites for hydroxylation is 1. The number of carbonyl (C=O) groups is 1. The van der Waals surface area contributed by atoms with Crippen molar-refractivity contribution in [3.05, 3.63) is 101 Å². The van der Waals surface area contributed by atoms with E-state index in [1.165, 1.54) is 0 Å². The van der Waals surface area contributed by atoms with Gasteiger partial charge in [0, 0.05) is 27.4 Å². The zero-order chi connectivity index (χ0) is 20.8. The van der Waals surface area contributed by atoms with Gasteiger partial charge in [0.1, 0.15) is 0 Å². The molecule has 0 unspecified atom stereocenters. The van der Waals surface area contributed by atoms with Crippen molar-refractivity contribution < 1.29 is 4.79 Å². The monoisotopic (exact) mass is 409 g/mol. The third-order valence-corrected chi connectivity index (χ3v) is 5.96. The Labute approximate surface area is 180 Å². The van der Waals surface area contributed by atoms with Crippen LogP contribution in [0.25, 0.3) is 38.7 Å². The van der Waals surface area contributed by atoms with Gasteiger partial charge in [0.05, 0.1) is 11.0 Å². The van der Waals surface area contributed by atoms with Crippen molar-refractivity contribution in [2.45, 2.75) is 13.8 Å². The highest BCUT2D eigenvalue weighted by atomic mass is 35.5. The molecule has 0 N–H and O–H groups in total. The van der Waals surface area contributed by atoms with Crippen LogP contribution in [0.15, 0.2) is 84.9 Å². The first-order chi connectivity index (χ1) is 14.6. The van der Waals surface area contributed by atoms with E-state index in [9.17, 15) is 4.79 Å². The Balaban J connectivity index is 2.05. The van der Waals surface area contributed by atoms with E-state index in [-0.39, 0.29) is 5.78 Å². The normalized spacial score (nSPS) is 11.3. The van der Waals surface area contributed by atoms with E-state index < -0.39 is 0 Å². The molecule has 146 valence electrons. The first-order valence-electron chi connectivity index (χ1n) is 9.95. The summed E-state index contributed by atoms with van der Waals surface area (Å²) in [6, 6.07) is 28.6. The molecule has 5 rings (SSSR count). The number of ketones is 1. The molecule has 30 heavy (non-hydrogen) atoms. The summed E-state index contributed by atoms with van der Waals surface area (Å²) in [5, 5.41) is 1.82. The number of hydrogen-bond acceptors (Lipinski definition) is 1. The summed E-state index contributed by atoms with van der Waals surface area (Å²) in [6.07, 6.45) is 0. The summed E-state index contributed by atoms with van der Waals surface area (Å²) < 4.78 is 2.23. The molecule has 3 aromatic carbocycles. The molecule has 3 heteroatoms. The Morgan fingerprint density at radius 3 is 2.20 bits per heavy atom. The van der Waals surface area contributed by atoms with Crippen LogP contribution in [-0.4, -0.2) is 10.2 Å². The lowest BCUT2D eigenvalue weighted by Gasteiger charge is -2.13. The maximum Gasteiger partial charge on any atom is 0.162 e. The molecule has 5 aromatic rings. The number of Topliss-reactive ketones (excluding diaryl/α,β-unsaturated/α-hetero) is 1. The van der Waals surface area contributed by atoms with Crippen molar-refractivity contribution in [3.63, 3.8) is 0 Å². The van der Waals surface area contributed by atoms with Crippen molar-refractivity contribution in [3.8, 4) is 22.3 Å². The second kappa shape index (κ2) is 7.16. The van der Waals surface area contributed by atoms with Crippen molar-refractivity contribution in [1.29, 1.82) is 0 Å². The van der Waals surface area contributed by atoms with Gasteiger partial charge in [-0.1, -0.05) is 72.3 Å². The number of benzene rings is 3. The van der Waals surface area contributed by atoms with Gasteiger partial charge in [-0.25, -0.2) is 0 Å². The van der Waals surface area contributed by atoms with Crippen LogP contribution in [0.3, 0.4) is 0 Å². The van der Waals surface area contributed by atoms with Gasteiger partial charge in [-0.05, 0) is 54.6 Å². The van der Waals surface area contributed by atoms with Gasteiger partial charge in [-0.2, -0.15) is 0 Å². The van der Waals surface area contributed by atoms with E-state index in [4.69, 9.17) is 11.6 Å². The van der Waals surface area contributed by atoms with Crippen LogP contribution in [0.2, 0.25) is 5.02 Å². The van der Waals surface area contributed by atoms with Gasteiger partial charge < -0.3 is 4.40 Å². The third kappa shape index (κ3) is 2.84. The van der Waals surface area contributed by atoms with E-state index in [1.54, 1.807) is 6.92 Å². The highest BCUT2D eigenvalue weighted by Crippen LogP contribution is 2.41. The highest BCUT2D eigenvalue weighted by molar-refractivity contribution is 6.30.